The van der Waals surface area contributed by atoms with Crippen LogP contribution in [0.25, 0.3) is 0 Å². The summed E-state index contributed by atoms with van der Waals surface area (Å²) in [5, 5.41) is 2.97. The van der Waals surface area contributed by atoms with Crippen molar-refractivity contribution < 1.29 is 13.5 Å². The average Bonchev–Trinajstić information content (AvgIpc) is 2.44. The molecular formula is C17H19F2NO. The number of rotatable bonds is 5. The van der Waals surface area contributed by atoms with Crippen LogP contribution < -0.4 is 10.1 Å². The van der Waals surface area contributed by atoms with Gasteiger partial charge < -0.3 is 10.1 Å². The average molecular weight is 291 g/mol. The summed E-state index contributed by atoms with van der Waals surface area (Å²) in [5.74, 6) is -0.921. The summed E-state index contributed by atoms with van der Waals surface area (Å²) in [5.41, 5.74) is 1.12. The molecule has 0 aliphatic rings. The summed E-state index contributed by atoms with van der Waals surface area (Å²) >= 11 is 0. The van der Waals surface area contributed by atoms with Crippen LogP contribution in [0.3, 0.4) is 0 Å². The van der Waals surface area contributed by atoms with E-state index in [4.69, 9.17) is 4.74 Å². The lowest BCUT2D eigenvalue weighted by atomic mass is 10.1. The Balaban J connectivity index is 2.09. The molecule has 0 saturated carbocycles. The van der Waals surface area contributed by atoms with Crippen LogP contribution in [0.1, 0.15) is 32.4 Å². The third-order valence-electron chi connectivity index (χ3n) is 3.08. The van der Waals surface area contributed by atoms with Crippen LogP contribution in [-0.4, -0.2) is 6.10 Å². The Morgan fingerprint density at radius 1 is 0.952 bits per heavy atom. The minimum Gasteiger partial charge on any atom is -0.491 e. The van der Waals surface area contributed by atoms with Crippen LogP contribution in [0, 0.1) is 11.6 Å². The Hall–Kier alpha value is -2.10. The molecule has 0 aliphatic heterocycles. The van der Waals surface area contributed by atoms with E-state index < -0.39 is 11.6 Å². The highest BCUT2D eigenvalue weighted by molar-refractivity contribution is 5.47. The molecule has 0 aliphatic carbocycles. The zero-order chi connectivity index (χ0) is 15.4. The summed E-state index contributed by atoms with van der Waals surface area (Å²) in [7, 11) is 0. The van der Waals surface area contributed by atoms with E-state index in [1.807, 2.05) is 45.0 Å². The molecule has 2 rings (SSSR count). The molecule has 4 heteroatoms. The SMILES string of the molecule is CC(C)Oc1ccc(C(C)Nc2cccc(F)c2F)cc1. The minimum absolute atomic E-state index is 0.118. The first kappa shape index (κ1) is 15.3. The second-order valence-electron chi connectivity index (χ2n) is 5.20. The maximum atomic E-state index is 13.6. The van der Waals surface area contributed by atoms with Crippen molar-refractivity contribution in [1.82, 2.24) is 0 Å². The summed E-state index contributed by atoms with van der Waals surface area (Å²) < 4.78 is 32.4. The number of benzene rings is 2. The van der Waals surface area contributed by atoms with E-state index in [1.165, 1.54) is 12.1 Å². The second kappa shape index (κ2) is 6.57. The monoisotopic (exact) mass is 291 g/mol. The van der Waals surface area contributed by atoms with Gasteiger partial charge in [-0.3, -0.25) is 0 Å². The van der Waals surface area contributed by atoms with Crippen molar-refractivity contribution in [2.24, 2.45) is 0 Å². The van der Waals surface area contributed by atoms with Crippen molar-refractivity contribution in [3.05, 3.63) is 59.7 Å². The molecule has 21 heavy (non-hydrogen) atoms. The Morgan fingerprint density at radius 3 is 2.24 bits per heavy atom. The van der Waals surface area contributed by atoms with Crippen LogP contribution in [0.15, 0.2) is 42.5 Å². The molecular weight excluding hydrogens is 272 g/mol. The van der Waals surface area contributed by atoms with E-state index in [0.717, 1.165) is 17.4 Å². The predicted molar refractivity (Wildman–Crippen MR) is 80.6 cm³/mol. The molecule has 2 nitrogen and oxygen atoms in total. The van der Waals surface area contributed by atoms with Gasteiger partial charge in [-0.15, -0.1) is 0 Å². The molecule has 112 valence electrons. The van der Waals surface area contributed by atoms with Crippen molar-refractivity contribution in [2.75, 3.05) is 5.32 Å². The summed E-state index contributed by atoms with van der Waals surface area (Å²) in [6, 6.07) is 11.5. The molecule has 0 heterocycles. The fraction of sp³-hybridized carbons (Fsp3) is 0.294. The largest absolute Gasteiger partial charge is 0.491 e. The van der Waals surface area contributed by atoms with E-state index in [2.05, 4.69) is 5.32 Å². The van der Waals surface area contributed by atoms with Crippen molar-refractivity contribution in [2.45, 2.75) is 32.9 Å². The molecule has 2 aromatic rings. The van der Waals surface area contributed by atoms with Crippen LogP contribution in [0.4, 0.5) is 14.5 Å². The van der Waals surface area contributed by atoms with E-state index in [1.54, 1.807) is 0 Å². The lowest BCUT2D eigenvalue weighted by Crippen LogP contribution is -2.09. The Labute approximate surface area is 123 Å². The van der Waals surface area contributed by atoms with Gasteiger partial charge in [0.2, 0.25) is 0 Å². The fourth-order valence-electron chi connectivity index (χ4n) is 2.04. The van der Waals surface area contributed by atoms with E-state index >= 15 is 0 Å². The Morgan fingerprint density at radius 2 is 1.62 bits per heavy atom. The molecule has 1 atom stereocenters. The fourth-order valence-corrected chi connectivity index (χ4v) is 2.04. The standard InChI is InChI=1S/C17H19F2NO/c1-11(2)21-14-9-7-13(8-10-14)12(3)20-16-6-4-5-15(18)17(16)19/h4-12,20H,1-3H3. The van der Waals surface area contributed by atoms with Gasteiger partial charge in [-0.25, -0.2) is 8.78 Å². The van der Waals surface area contributed by atoms with Gasteiger partial charge in [-0.2, -0.15) is 0 Å². The molecule has 0 spiro atoms. The summed E-state index contributed by atoms with van der Waals surface area (Å²) in [6.07, 6.45) is 0.118. The summed E-state index contributed by atoms with van der Waals surface area (Å²) in [4.78, 5) is 0. The molecule has 0 fully saturated rings. The summed E-state index contributed by atoms with van der Waals surface area (Å²) in [6.45, 7) is 5.82. The van der Waals surface area contributed by atoms with E-state index in [9.17, 15) is 8.78 Å². The number of hydrogen-bond donors (Lipinski definition) is 1. The van der Waals surface area contributed by atoms with Crippen molar-refractivity contribution in [3.63, 3.8) is 0 Å². The van der Waals surface area contributed by atoms with Gasteiger partial charge in [0.05, 0.1) is 11.8 Å². The van der Waals surface area contributed by atoms with Crippen LogP contribution in [0.5, 0.6) is 5.75 Å². The number of halogens is 2. The quantitative estimate of drug-likeness (QED) is 0.843. The van der Waals surface area contributed by atoms with Gasteiger partial charge in [-0.05, 0) is 50.6 Å². The number of anilines is 1. The highest BCUT2D eigenvalue weighted by Gasteiger charge is 2.11. The van der Waals surface area contributed by atoms with Crippen molar-refractivity contribution in [1.29, 1.82) is 0 Å². The first-order valence-electron chi connectivity index (χ1n) is 6.94. The van der Waals surface area contributed by atoms with E-state index in [-0.39, 0.29) is 17.8 Å². The topological polar surface area (TPSA) is 21.3 Å². The highest BCUT2D eigenvalue weighted by Crippen LogP contribution is 2.24. The van der Waals surface area contributed by atoms with Gasteiger partial charge in [0.1, 0.15) is 5.75 Å². The molecule has 1 unspecified atom stereocenters. The molecule has 0 aromatic heterocycles. The lowest BCUT2D eigenvalue weighted by molar-refractivity contribution is 0.242. The van der Waals surface area contributed by atoms with E-state index in [0.29, 0.717) is 0 Å². The Kier molecular flexibility index (Phi) is 4.78. The molecule has 1 N–H and O–H groups in total. The van der Waals surface area contributed by atoms with Gasteiger partial charge in [0, 0.05) is 6.04 Å². The van der Waals surface area contributed by atoms with Crippen LogP contribution >= 0.6 is 0 Å². The van der Waals surface area contributed by atoms with Gasteiger partial charge in [0.25, 0.3) is 0 Å². The second-order valence-corrected chi connectivity index (χ2v) is 5.20. The zero-order valence-electron chi connectivity index (χ0n) is 12.4. The van der Waals surface area contributed by atoms with Crippen LogP contribution in [-0.2, 0) is 0 Å². The van der Waals surface area contributed by atoms with Crippen molar-refractivity contribution >= 4 is 5.69 Å². The first-order chi connectivity index (χ1) is 9.97. The predicted octanol–water partition coefficient (Wildman–Crippen LogP) is 4.93. The van der Waals surface area contributed by atoms with Gasteiger partial charge in [-0.1, -0.05) is 18.2 Å². The Bertz CT molecular complexity index is 596. The molecule has 2 aromatic carbocycles. The van der Waals surface area contributed by atoms with Gasteiger partial charge in [0.15, 0.2) is 11.6 Å². The smallest absolute Gasteiger partial charge is 0.181 e. The maximum Gasteiger partial charge on any atom is 0.181 e. The number of hydrogen-bond acceptors (Lipinski definition) is 2. The van der Waals surface area contributed by atoms with Crippen molar-refractivity contribution in [3.8, 4) is 5.75 Å². The maximum absolute atomic E-state index is 13.6. The number of nitrogens with one attached hydrogen (secondary N) is 1. The third-order valence-corrected chi connectivity index (χ3v) is 3.08. The molecule has 0 saturated heterocycles. The third kappa shape index (κ3) is 3.94. The van der Waals surface area contributed by atoms with Crippen LogP contribution in [0.2, 0.25) is 0 Å². The highest BCUT2D eigenvalue weighted by atomic mass is 19.2. The number of ether oxygens (including phenoxy) is 1. The molecule has 0 amide bonds. The normalized spacial score (nSPS) is 12.3. The molecule has 0 bridgehead atoms. The molecule has 0 radical (unpaired) electrons. The lowest BCUT2D eigenvalue weighted by Gasteiger charge is -2.17. The first-order valence-corrected chi connectivity index (χ1v) is 6.94. The zero-order valence-corrected chi connectivity index (χ0v) is 12.4. The van der Waals surface area contributed by atoms with Gasteiger partial charge >= 0.3 is 0 Å². The minimum atomic E-state index is -0.857.